The number of carbonyl (C=O) groups excluding carboxylic acids is 1. The van der Waals surface area contributed by atoms with Gasteiger partial charge < -0.3 is 19.1 Å². The zero-order valence-corrected chi connectivity index (χ0v) is 31.8. The molecule has 4 heterocycles. The van der Waals surface area contributed by atoms with Crippen LogP contribution in [0, 0.1) is 29.1 Å². The molecule has 9 rings (SSSR count). The summed E-state index contributed by atoms with van der Waals surface area (Å²) in [6, 6.07) is 11.9. The summed E-state index contributed by atoms with van der Waals surface area (Å²) in [5, 5.41) is 0.236. The molecule has 7 aliphatic rings. The molecule has 2 bridgehead atoms. The van der Waals surface area contributed by atoms with Gasteiger partial charge in [0.05, 0.1) is 42.2 Å². The molecule has 7 atom stereocenters. The molecule has 1 N–H and O–H groups in total. The molecule has 276 valence electrons. The number of amides is 1. The molecule has 0 aromatic heterocycles. The molecular weight excluding hydrogens is 709 g/mol. The zero-order chi connectivity index (χ0) is 35.3. The van der Waals surface area contributed by atoms with Gasteiger partial charge in [-0.1, -0.05) is 31.0 Å². The number of carbonyl (C=O) groups is 1. The highest BCUT2D eigenvalue weighted by Gasteiger charge is 2.77. The summed E-state index contributed by atoms with van der Waals surface area (Å²) < 4.78 is 49.5. The maximum atomic E-state index is 13.6. The van der Waals surface area contributed by atoms with Gasteiger partial charge in [-0.25, -0.2) is 13.1 Å². The van der Waals surface area contributed by atoms with E-state index < -0.39 is 21.2 Å². The Hall–Kier alpha value is -2.08. The van der Waals surface area contributed by atoms with E-state index in [-0.39, 0.29) is 34.5 Å². The monoisotopic (exact) mass is 757 g/mol. The van der Waals surface area contributed by atoms with E-state index in [1.807, 2.05) is 25.1 Å². The first-order chi connectivity index (χ1) is 24.5. The summed E-state index contributed by atoms with van der Waals surface area (Å²) >= 11 is 12.8. The fourth-order valence-electron chi connectivity index (χ4n) is 10.8. The lowest BCUT2D eigenvalue weighted by Gasteiger charge is -2.45. The lowest BCUT2D eigenvalue weighted by atomic mass is 9.70. The van der Waals surface area contributed by atoms with Gasteiger partial charge in [0.15, 0.2) is 6.29 Å². The number of alkyl halides is 1. The Morgan fingerprint density at radius 3 is 2.59 bits per heavy atom. The third-order valence-corrected chi connectivity index (χ3v) is 16.4. The topological polar surface area (TPSA) is 97.4 Å². The van der Waals surface area contributed by atoms with Crippen molar-refractivity contribution in [1.29, 1.82) is 0 Å². The summed E-state index contributed by atoms with van der Waals surface area (Å²) in [5.74, 6) is 1.42. The number of ether oxygens (including phenoxy) is 3. The van der Waals surface area contributed by atoms with Crippen LogP contribution in [0.25, 0.3) is 0 Å². The van der Waals surface area contributed by atoms with Crippen molar-refractivity contribution >= 4 is 44.8 Å². The highest BCUT2D eigenvalue weighted by Crippen LogP contribution is 2.77. The van der Waals surface area contributed by atoms with Crippen molar-refractivity contribution in [2.45, 2.75) is 87.2 Å². The van der Waals surface area contributed by atoms with Gasteiger partial charge in [-0.3, -0.25) is 9.69 Å². The summed E-state index contributed by atoms with van der Waals surface area (Å²) in [4.78, 5) is 18.4. The van der Waals surface area contributed by atoms with E-state index in [2.05, 4.69) is 26.7 Å². The number of sulfonamides is 1. The number of nitrogens with zero attached hydrogens (tertiary/aromatic N) is 2. The summed E-state index contributed by atoms with van der Waals surface area (Å²) in [7, 11) is -3.91. The van der Waals surface area contributed by atoms with Gasteiger partial charge in [0.1, 0.15) is 5.75 Å². The predicted octanol–water partition coefficient (Wildman–Crippen LogP) is 6.00. The maximum Gasteiger partial charge on any atom is 0.264 e. The summed E-state index contributed by atoms with van der Waals surface area (Å²) in [6.45, 7) is 8.83. The Kier molecular flexibility index (Phi) is 8.68. The van der Waals surface area contributed by atoms with Crippen LogP contribution in [-0.4, -0.2) is 88.2 Å². The normalized spacial score (nSPS) is 39.3. The first-order valence-corrected chi connectivity index (χ1v) is 21.3. The first-order valence-electron chi connectivity index (χ1n) is 19.0. The molecule has 2 unspecified atom stereocenters. The largest absolute Gasteiger partial charge is 0.490 e. The Balaban J connectivity index is 1.07. The van der Waals surface area contributed by atoms with Crippen LogP contribution in [0.4, 0.5) is 5.69 Å². The van der Waals surface area contributed by atoms with Crippen molar-refractivity contribution in [3.8, 4) is 5.75 Å². The molecule has 12 heteroatoms. The average molecular weight is 759 g/mol. The number of likely N-dealkylation sites (tertiary alicyclic amines) is 1. The van der Waals surface area contributed by atoms with Crippen LogP contribution >= 0.6 is 23.2 Å². The standard InChI is InChI=1S/C39H49Cl2N3O6S/c1-23-5-3-12-39(37-48-19-30(20-49-37)43-17-29(41)18-43)32-14-27(35(32)39)16-44-21-38(11-4-6-25-13-28(40)8-9-31(25)38)22-50-34-10-7-26(15-33(34)44)36(45)42-51(46,47)24(23)2/h7-10,13,15,23-24,27,29-30,32,35,37H,3-6,11-12,14,16-22H2,1-2H3,(H,42,45)/t23-,24+,27-,30-,32?,35-,37+,38-,39?/m0/s1. The molecule has 3 aliphatic carbocycles. The van der Waals surface area contributed by atoms with E-state index in [9.17, 15) is 13.2 Å². The second-order valence-electron chi connectivity index (χ2n) is 16.8. The van der Waals surface area contributed by atoms with Crippen LogP contribution in [0.2, 0.25) is 5.02 Å². The van der Waals surface area contributed by atoms with Crippen molar-refractivity contribution in [3.63, 3.8) is 0 Å². The molecule has 9 nitrogen and oxygen atoms in total. The Labute approximate surface area is 311 Å². The van der Waals surface area contributed by atoms with E-state index >= 15 is 0 Å². The van der Waals surface area contributed by atoms with Gasteiger partial charge in [0, 0.05) is 47.6 Å². The lowest BCUT2D eigenvalue weighted by molar-refractivity contribution is -0.242. The maximum absolute atomic E-state index is 13.6. The molecule has 2 aromatic rings. The minimum absolute atomic E-state index is 0.0778. The second-order valence-corrected chi connectivity index (χ2v) is 19.9. The molecule has 2 saturated heterocycles. The molecule has 1 amide bonds. The van der Waals surface area contributed by atoms with Crippen molar-refractivity contribution < 1.29 is 27.4 Å². The van der Waals surface area contributed by atoms with E-state index in [1.54, 1.807) is 13.0 Å². The molecule has 1 spiro atoms. The number of fused-ring (bicyclic) bond motifs is 4. The first kappa shape index (κ1) is 34.7. The van der Waals surface area contributed by atoms with Crippen molar-refractivity contribution in [2.24, 2.45) is 29.1 Å². The van der Waals surface area contributed by atoms with Crippen LogP contribution in [0.3, 0.4) is 0 Å². The fraction of sp³-hybridized carbons (Fsp3) is 0.667. The van der Waals surface area contributed by atoms with Crippen LogP contribution in [0.1, 0.15) is 73.9 Å². The third-order valence-electron chi connectivity index (χ3n) is 13.9. The van der Waals surface area contributed by atoms with Crippen LogP contribution in [0.5, 0.6) is 5.75 Å². The van der Waals surface area contributed by atoms with Crippen LogP contribution in [0.15, 0.2) is 36.4 Å². The quantitative estimate of drug-likeness (QED) is 0.373. The Bertz CT molecular complexity index is 1820. The molecule has 2 aromatic carbocycles. The van der Waals surface area contributed by atoms with E-state index in [4.69, 9.17) is 37.4 Å². The molecule has 4 fully saturated rings. The summed E-state index contributed by atoms with van der Waals surface area (Å²) in [5.41, 5.74) is 3.41. The average Bonchev–Trinajstić information content (AvgIpc) is 3.68. The molecular formula is C39H49Cl2N3O6S. The SMILES string of the molecule is C[C@@H]1[C@@H](C)CCCC2([C@H]3OC[C@@H](N4CC(Cl)C4)CO3)C3C[C@@H](CN4C[C@@]5(CCCc6cc(Cl)ccc65)COc5ccc(cc54)C(=O)NS1(=O)=O)[C@@H]32. The van der Waals surface area contributed by atoms with Gasteiger partial charge in [0.2, 0.25) is 10.0 Å². The van der Waals surface area contributed by atoms with Gasteiger partial charge >= 0.3 is 0 Å². The van der Waals surface area contributed by atoms with Gasteiger partial charge in [0.25, 0.3) is 5.91 Å². The second kappa shape index (κ2) is 12.8. The van der Waals surface area contributed by atoms with Crippen molar-refractivity contribution in [3.05, 3.63) is 58.1 Å². The number of anilines is 1. The van der Waals surface area contributed by atoms with Crippen LogP contribution < -0.4 is 14.4 Å². The van der Waals surface area contributed by atoms with Crippen LogP contribution in [-0.2, 0) is 31.3 Å². The third kappa shape index (κ3) is 5.81. The number of hydrogen-bond donors (Lipinski definition) is 1. The number of aryl methyl sites for hydroxylation is 1. The van der Waals surface area contributed by atoms with Gasteiger partial charge in [-0.2, -0.15) is 0 Å². The smallest absolute Gasteiger partial charge is 0.264 e. The van der Waals surface area contributed by atoms with E-state index in [0.717, 1.165) is 87.6 Å². The molecule has 0 radical (unpaired) electrons. The number of benzene rings is 2. The highest BCUT2D eigenvalue weighted by molar-refractivity contribution is 7.90. The Morgan fingerprint density at radius 2 is 1.80 bits per heavy atom. The number of hydrogen-bond acceptors (Lipinski definition) is 8. The molecule has 2 saturated carbocycles. The predicted molar refractivity (Wildman–Crippen MR) is 197 cm³/mol. The summed E-state index contributed by atoms with van der Waals surface area (Å²) in [6.07, 6.45) is 6.42. The van der Waals surface area contributed by atoms with Crippen molar-refractivity contribution in [1.82, 2.24) is 9.62 Å². The number of rotatable bonds is 2. The van der Waals surface area contributed by atoms with E-state index in [1.165, 1.54) is 11.1 Å². The fourth-order valence-corrected chi connectivity index (χ4v) is 12.7. The van der Waals surface area contributed by atoms with Gasteiger partial charge in [-0.15, -0.1) is 11.6 Å². The number of nitrogens with one attached hydrogen (secondary N) is 1. The number of halogens is 2. The molecule has 4 aliphatic heterocycles. The minimum atomic E-state index is -3.91. The minimum Gasteiger partial charge on any atom is -0.490 e. The highest BCUT2D eigenvalue weighted by atomic mass is 35.5. The van der Waals surface area contributed by atoms with E-state index in [0.29, 0.717) is 43.1 Å². The van der Waals surface area contributed by atoms with Gasteiger partial charge in [-0.05, 0) is 111 Å². The van der Waals surface area contributed by atoms with Crippen molar-refractivity contribution in [2.75, 3.05) is 50.9 Å². The lowest BCUT2D eigenvalue weighted by Crippen LogP contribution is -2.58. The Morgan fingerprint density at radius 1 is 1.00 bits per heavy atom. The zero-order valence-electron chi connectivity index (χ0n) is 29.5. The molecule has 51 heavy (non-hydrogen) atoms.